The van der Waals surface area contributed by atoms with Crippen LogP contribution in [0.15, 0.2) is 53.2 Å². The van der Waals surface area contributed by atoms with Gasteiger partial charge in [0.15, 0.2) is 0 Å². The van der Waals surface area contributed by atoms with Crippen molar-refractivity contribution in [3.05, 3.63) is 60.1 Å². The van der Waals surface area contributed by atoms with E-state index in [-0.39, 0.29) is 36.6 Å². The largest absolute Gasteiger partial charge is 0.399 e. The molecule has 1 saturated heterocycles. The van der Waals surface area contributed by atoms with Crippen molar-refractivity contribution in [3.8, 4) is 11.5 Å². The number of piperidine rings is 1. The van der Waals surface area contributed by atoms with Crippen molar-refractivity contribution < 1.29 is 9.32 Å². The summed E-state index contributed by atoms with van der Waals surface area (Å²) in [4.78, 5) is 23.2. The highest BCUT2D eigenvalue weighted by Crippen LogP contribution is 2.28. The fourth-order valence-electron chi connectivity index (χ4n) is 3.18. The van der Waals surface area contributed by atoms with E-state index in [0.717, 1.165) is 12.8 Å². The van der Waals surface area contributed by atoms with Crippen molar-refractivity contribution in [2.24, 2.45) is 0 Å². The van der Waals surface area contributed by atoms with E-state index in [1.807, 2.05) is 23.1 Å². The second-order valence-electron chi connectivity index (χ2n) is 6.36. The number of aromatic nitrogens is 3. The second kappa shape index (κ2) is 9.52. The maximum absolute atomic E-state index is 12.6. The third-order valence-corrected chi connectivity index (χ3v) is 4.60. The van der Waals surface area contributed by atoms with Crippen LogP contribution in [-0.4, -0.2) is 39.0 Å². The zero-order valence-electron chi connectivity index (χ0n) is 15.0. The Morgan fingerprint density at radius 1 is 1.11 bits per heavy atom. The lowest BCUT2D eigenvalue weighted by Gasteiger charge is -2.30. The molecule has 1 aliphatic heterocycles. The van der Waals surface area contributed by atoms with Crippen LogP contribution in [0.25, 0.3) is 11.5 Å². The lowest BCUT2D eigenvalue weighted by Crippen LogP contribution is -2.38. The number of amides is 1. The Bertz CT molecular complexity index is 911. The van der Waals surface area contributed by atoms with E-state index in [1.165, 1.54) is 0 Å². The summed E-state index contributed by atoms with van der Waals surface area (Å²) in [5.74, 6) is 1.28. The molecule has 1 fully saturated rings. The van der Waals surface area contributed by atoms with Gasteiger partial charge in [-0.1, -0.05) is 17.3 Å². The summed E-state index contributed by atoms with van der Waals surface area (Å²) in [7, 11) is 0. The van der Waals surface area contributed by atoms with E-state index in [4.69, 9.17) is 10.3 Å². The Balaban J connectivity index is 0.00000140. The molecule has 0 radical (unpaired) electrons. The molecule has 0 atom stereocenters. The number of carbonyl (C=O) groups excluding carboxylic acids is 1. The van der Waals surface area contributed by atoms with E-state index in [1.54, 1.807) is 30.5 Å². The average molecular weight is 422 g/mol. The zero-order chi connectivity index (χ0) is 17.9. The highest BCUT2D eigenvalue weighted by atomic mass is 35.5. The number of likely N-dealkylation sites (tertiary alicyclic amines) is 1. The molecule has 0 saturated carbocycles. The Morgan fingerprint density at radius 2 is 1.89 bits per heavy atom. The molecule has 0 unspecified atom stereocenters. The number of pyridine rings is 1. The molecule has 2 aromatic heterocycles. The van der Waals surface area contributed by atoms with E-state index in [0.29, 0.717) is 41.7 Å². The molecule has 9 heteroatoms. The van der Waals surface area contributed by atoms with Gasteiger partial charge in [0.2, 0.25) is 11.7 Å². The summed E-state index contributed by atoms with van der Waals surface area (Å²) < 4.78 is 5.43. The molecule has 1 aromatic carbocycles. The Labute approximate surface area is 175 Å². The quantitative estimate of drug-likeness (QED) is 0.648. The SMILES string of the molecule is Cl.Cl.Nc1cccc(C(=O)N2CCC(c3nc(-c4ccccn4)no3)CC2)c1. The summed E-state index contributed by atoms with van der Waals surface area (Å²) in [5, 5.41) is 4.03. The predicted molar refractivity (Wildman–Crippen MR) is 111 cm³/mol. The van der Waals surface area contributed by atoms with E-state index in [2.05, 4.69) is 15.1 Å². The zero-order valence-corrected chi connectivity index (χ0v) is 16.7. The van der Waals surface area contributed by atoms with Gasteiger partial charge in [-0.25, -0.2) is 0 Å². The number of halogens is 2. The minimum atomic E-state index is 0. The smallest absolute Gasteiger partial charge is 0.253 e. The molecule has 3 heterocycles. The van der Waals surface area contributed by atoms with Crippen molar-refractivity contribution in [1.29, 1.82) is 0 Å². The van der Waals surface area contributed by atoms with Crippen LogP contribution in [-0.2, 0) is 0 Å². The van der Waals surface area contributed by atoms with Gasteiger partial charge >= 0.3 is 0 Å². The summed E-state index contributed by atoms with van der Waals surface area (Å²) in [5.41, 5.74) is 7.68. The van der Waals surface area contributed by atoms with Crippen molar-refractivity contribution in [2.45, 2.75) is 18.8 Å². The van der Waals surface area contributed by atoms with Gasteiger partial charge in [0.25, 0.3) is 5.91 Å². The first-order valence-corrected chi connectivity index (χ1v) is 8.60. The Morgan fingerprint density at radius 3 is 2.57 bits per heavy atom. The first-order chi connectivity index (χ1) is 12.7. The second-order valence-corrected chi connectivity index (χ2v) is 6.36. The van der Waals surface area contributed by atoms with Gasteiger partial charge < -0.3 is 15.2 Å². The van der Waals surface area contributed by atoms with Crippen molar-refractivity contribution >= 4 is 36.4 Å². The maximum atomic E-state index is 12.6. The molecule has 1 aliphatic rings. The van der Waals surface area contributed by atoms with Crippen LogP contribution in [0.1, 0.15) is 35.0 Å². The number of nitrogens with two attached hydrogens (primary N) is 1. The minimum absolute atomic E-state index is 0. The number of carbonyl (C=O) groups is 1. The fraction of sp³-hybridized carbons (Fsp3) is 0.263. The van der Waals surface area contributed by atoms with Crippen molar-refractivity contribution in [1.82, 2.24) is 20.0 Å². The van der Waals surface area contributed by atoms with Gasteiger partial charge in [-0.05, 0) is 43.2 Å². The van der Waals surface area contributed by atoms with Crippen molar-refractivity contribution in [2.75, 3.05) is 18.8 Å². The van der Waals surface area contributed by atoms with Gasteiger partial charge in [-0.15, -0.1) is 24.8 Å². The van der Waals surface area contributed by atoms with Gasteiger partial charge in [-0.3, -0.25) is 9.78 Å². The van der Waals surface area contributed by atoms with Gasteiger partial charge in [-0.2, -0.15) is 4.98 Å². The van der Waals surface area contributed by atoms with Gasteiger partial charge in [0.1, 0.15) is 5.69 Å². The molecule has 7 nitrogen and oxygen atoms in total. The molecule has 2 N–H and O–H groups in total. The van der Waals surface area contributed by atoms with E-state index >= 15 is 0 Å². The van der Waals surface area contributed by atoms with Gasteiger partial charge in [0, 0.05) is 36.5 Å². The monoisotopic (exact) mass is 421 g/mol. The highest BCUT2D eigenvalue weighted by Gasteiger charge is 2.28. The first kappa shape index (κ1) is 21.7. The third kappa shape index (κ3) is 4.61. The lowest BCUT2D eigenvalue weighted by molar-refractivity contribution is 0.0704. The molecule has 3 aromatic rings. The average Bonchev–Trinajstić information content (AvgIpc) is 3.18. The first-order valence-electron chi connectivity index (χ1n) is 8.60. The molecule has 148 valence electrons. The molecule has 0 spiro atoms. The molecular weight excluding hydrogens is 401 g/mol. The molecular formula is C19H21Cl2N5O2. The number of benzene rings is 1. The standard InChI is InChI=1S/C19H19N5O2.2ClH/c20-15-5-3-4-14(12-15)19(25)24-10-7-13(8-11-24)18-22-17(23-26-18)16-6-1-2-9-21-16;;/h1-6,9,12-13H,7-8,10-11,20H2;2*1H. The predicted octanol–water partition coefficient (Wildman–Crippen LogP) is 3.58. The van der Waals surface area contributed by atoms with Crippen LogP contribution in [0.5, 0.6) is 0 Å². The van der Waals surface area contributed by atoms with E-state index in [9.17, 15) is 4.79 Å². The summed E-state index contributed by atoms with van der Waals surface area (Å²) in [6.07, 6.45) is 3.28. The molecule has 1 amide bonds. The molecule has 4 rings (SSSR count). The number of nitrogen functional groups attached to an aromatic ring is 1. The molecule has 0 aliphatic carbocycles. The third-order valence-electron chi connectivity index (χ3n) is 4.60. The summed E-state index contributed by atoms with van der Waals surface area (Å²) in [6, 6.07) is 12.7. The Kier molecular flexibility index (Phi) is 7.37. The van der Waals surface area contributed by atoms with Crippen LogP contribution in [0, 0.1) is 0 Å². The molecule has 28 heavy (non-hydrogen) atoms. The number of anilines is 1. The topological polar surface area (TPSA) is 98.1 Å². The molecule has 0 bridgehead atoms. The van der Waals surface area contributed by atoms with Gasteiger partial charge in [0.05, 0.1) is 0 Å². The number of hydrogen-bond acceptors (Lipinski definition) is 6. The van der Waals surface area contributed by atoms with Crippen LogP contribution in [0.2, 0.25) is 0 Å². The van der Waals surface area contributed by atoms with Crippen molar-refractivity contribution in [3.63, 3.8) is 0 Å². The fourth-order valence-corrected chi connectivity index (χ4v) is 3.18. The summed E-state index contributed by atoms with van der Waals surface area (Å²) >= 11 is 0. The summed E-state index contributed by atoms with van der Waals surface area (Å²) in [6.45, 7) is 1.30. The number of rotatable bonds is 3. The van der Waals surface area contributed by atoms with Crippen LogP contribution >= 0.6 is 24.8 Å². The number of hydrogen-bond donors (Lipinski definition) is 1. The maximum Gasteiger partial charge on any atom is 0.253 e. The number of nitrogens with zero attached hydrogens (tertiary/aromatic N) is 4. The van der Waals surface area contributed by atoms with E-state index < -0.39 is 0 Å². The van der Waals surface area contributed by atoms with Crippen LogP contribution < -0.4 is 5.73 Å². The van der Waals surface area contributed by atoms with Crippen LogP contribution in [0.4, 0.5) is 5.69 Å². The normalized spacial score (nSPS) is 14.1. The Hall–Kier alpha value is -2.64. The highest BCUT2D eigenvalue weighted by molar-refractivity contribution is 5.95. The minimum Gasteiger partial charge on any atom is -0.399 e. The lowest BCUT2D eigenvalue weighted by atomic mass is 9.96. The van der Waals surface area contributed by atoms with Crippen LogP contribution in [0.3, 0.4) is 0 Å².